The lowest BCUT2D eigenvalue weighted by atomic mass is 9.95. The van der Waals surface area contributed by atoms with E-state index in [-0.39, 0.29) is 5.41 Å². The van der Waals surface area contributed by atoms with Crippen molar-refractivity contribution in [3.8, 4) is 6.07 Å². The number of nitrogens with one attached hydrogen (secondary N) is 2. The molecule has 3 heteroatoms. The molecule has 1 aliphatic rings. The Morgan fingerprint density at radius 2 is 2.29 bits per heavy atom. The lowest BCUT2D eigenvalue weighted by Crippen LogP contribution is -2.43. The largest absolute Gasteiger partial charge is 0.314 e. The van der Waals surface area contributed by atoms with E-state index in [1.807, 2.05) is 13.8 Å². The highest BCUT2D eigenvalue weighted by Crippen LogP contribution is 2.11. The van der Waals surface area contributed by atoms with Gasteiger partial charge in [-0.2, -0.15) is 5.26 Å². The van der Waals surface area contributed by atoms with Crippen molar-refractivity contribution in [2.45, 2.75) is 39.2 Å². The Balaban J connectivity index is 2.12. The molecule has 1 unspecified atom stereocenters. The van der Waals surface area contributed by atoms with E-state index < -0.39 is 0 Å². The lowest BCUT2D eigenvalue weighted by Gasteiger charge is -2.25. The maximum atomic E-state index is 8.83. The van der Waals surface area contributed by atoms with E-state index in [9.17, 15) is 0 Å². The van der Waals surface area contributed by atoms with Gasteiger partial charge >= 0.3 is 0 Å². The Labute approximate surface area is 86.9 Å². The van der Waals surface area contributed by atoms with Gasteiger partial charge in [0.2, 0.25) is 0 Å². The molecule has 0 radical (unpaired) electrons. The summed E-state index contributed by atoms with van der Waals surface area (Å²) in [7, 11) is 0. The molecule has 0 amide bonds. The van der Waals surface area contributed by atoms with Crippen LogP contribution in [-0.4, -0.2) is 25.7 Å². The number of nitrogens with zero attached hydrogens (tertiary/aromatic N) is 1. The Morgan fingerprint density at radius 1 is 1.50 bits per heavy atom. The van der Waals surface area contributed by atoms with Crippen LogP contribution in [0.2, 0.25) is 0 Å². The minimum atomic E-state index is -0.241. The molecule has 1 rings (SSSR count). The third-order valence-corrected chi connectivity index (χ3v) is 2.67. The van der Waals surface area contributed by atoms with Gasteiger partial charge in [-0.1, -0.05) is 6.42 Å². The third-order valence-electron chi connectivity index (χ3n) is 2.67. The van der Waals surface area contributed by atoms with Crippen molar-refractivity contribution in [2.24, 2.45) is 5.41 Å². The molecule has 1 heterocycles. The maximum absolute atomic E-state index is 8.83. The van der Waals surface area contributed by atoms with Crippen LogP contribution in [-0.2, 0) is 0 Å². The summed E-state index contributed by atoms with van der Waals surface area (Å²) in [5.41, 5.74) is -0.241. The second kappa shape index (κ2) is 5.33. The third kappa shape index (κ3) is 4.08. The molecule has 0 aromatic rings. The molecule has 1 fully saturated rings. The number of hydrogen-bond acceptors (Lipinski definition) is 3. The monoisotopic (exact) mass is 195 g/mol. The summed E-state index contributed by atoms with van der Waals surface area (Å²) in [4.78, 5) is 0. The molecule has 0 aromatic heterocycles. The Bertz CT molecular complexity index is 199. The Morgan fingerprint density at radius 3 is 2.86 bits per heavy atom. The molecule has 1 atom stereocenters. The summed E-state index contributed by atoms with van der Waals surface area (Å²) in [6.45, 7) is 6.85. The van der Waals surface area contributed by atoms with Gasteiger partial charge < -0.3 is 10.6 Å². The minimum absolute atomic E-state index is 0.241. The average Bonchev–Trinajstić information content (AvgIpc) is 2.19. The Kier molecular flexibility index (Phi) is 4.37. The lowest BCUT2D eigenvalue weighted by molar-refractivity contribution is 0.360. The first-order valence-electron chi connectivity index (χ1n) is 5.49. The van der Waals surface area contributed by atoms with E-state index in [2.05, 4.69) is 16.7 Å². The molecule has 0 spiro atoms. The van der Waals surface area contributed by atoms with Crippen LogP contribution in [0.1, 0.15) is 33.1 Å². The summed E-state index contributed by atoms with van der Waals surface area (Å²) < 4.78 is 0. The number of hydrogen-bond donors (Lipinski definition) is 2. The first-order valence-corrected chi connectivity index (χ1v) is 5.49. The van der Waals surface area contributed by atoms with Gasteiger partial charge in [-0.05, 0) is 33.2 Å². The second-order valence-electron chi connectivity index (χ2n) is 4.77. The van der Waals surface area contributed by atoms with E-state index >= 15 is 0 Å². The van der Waals surface area contributed by atoms with Gasteiger partial charge in [-0.25, -0.2) is 0 Å². The van der Waals surface area contributed by atoms with Gasteiger partial charge in [0.15, 0.2) is 0 Å². The molecular weight excluding hydrogens is 174 g/mol. The fourth-order valence-electron chi connectivity index (χ4n) is 1.70. The van der Waals surface area contributed by atoms with Gasteiger partial charge in [0.05, 0.1) is 11.5 Å². The minimum Gasteiger partial charge on any atom is -0.314 e. The topological polar surface area (TPSA) is 47.9 Å². The fourth-order valence-corrected chi connectivity index (χ4v) is 1.70. The molecule has 0 aliphatic carbocycles. The summed E-state index contributed by atoms with van der Waals surface area (Å²) in [6.07, 6.45) is 3.90. The van der Waals surface area contributed by atoms with Crippen molar-refractivity contribution in [3.63, 3.8) is 0 Å². The van der Waals surface area contributed by atoms with Crippen LogP contribution >= 0.6 is 0 Å². The van der Waals surface area contributed by atoms with Crippen molar-refractivity contribution in [1.82, 2.24) is 10.6 Å². The van der Waals surface area contributed by atoms with E-state index in [1.54, 1.807) is 0 Å². The van der Waals surface area contributed by atoms with Crippen molar-refractivity contribution < 1.29 is 0 Å². The molecule has 0 aromatic carbocycles. The highest BCUT2D eigenvalue weighted by molar-refractivity contribution is 4.93. The summed E-state index contributed by atoms with van der Waals surface area (Å²) in [6, 6.07) is 2.91. The summed E-state index contributed by atoms with van der Waals surface area (Å²) >= 11 is 0. The number of nitriles is 1. The van der Waals surface area contributed by atoms with Gasteiger partial charge in [-0.15, -0.1) is 0 Å². The van der Waals surface area contributed by atoms with Crippen LogP contribution in [0.3, 0.4) is 0 Å². The molecule has 3 nitrogen and oxygen atoms in total. The van der Waals surface area contributed by atoms with Crippen molar-refractivity contribution in [2.75, 3.05) is 19.6 Å². The van der Waals surface area contributed by atoms with Crippen LogP contribution < -0.4 is 10.6 Å². The van der Waals surface area contributed by atoms with Crippen LogP contribution in [0.4, 0.5) is 0 Å². The zero-order valence-electron chi connectivity index (χ0n) is 9.27. The van der Waals surface area contributed by atoms with Crippen LogP contribution in [0.5, 0.6) is 0 Å². The molecule has 80 valence electrons. The highest BCUT2D eigenvalue weighted by Gasteiger charge is 2.17. The van der Waals surface area contributed by atoms with Gasteiger partial charge in [-0.3, -0.25) is 0 Å². The van der Waals surface area contributed by atoms with E-state index in [1.165, 1.54) is 19.3 Å². The van der Waals surface area contributed by atoms with E-state index in [0.29, 0.717) is 6.04 Å². The van der Waals surface area contributed by atoms with E-state index in [0.717, 1.165) is 19.6 Å². The summed E-state index contributed by atoms with van der Waals surface area (Å²) in [5.74, 6) is 0. The second-order valence-corrected chi connectivity index (χ2v) is 4.77. The summed E-state index contributed by atoms with van der Waals surface area (Å²) in [5, 5.41) is 15.7. The molecule has 1 aliphatic heterocycles. The molecule has 1 saturated heterocycles. The predicted molar refractivity (Wildman–Crippen MR) is 57.9 cm³/mol. The fraction of sp³-hybridized carbons (Fsp3) is 0.909. The van der Waals surface area contributed by atoms with Crippen molar-refractivity contribution in [3.05, 3.63) is 0 Å². The predicted octanol–water partition coefficient (Wildman–Crippen LogP) is 1.27. The van der Waals surface area contributed by atoms with Crippen molar-refractivity contribution >= 4 is 0 Å². The zero-order chi connectivity index (χ0) is 10.4. The maximum Gasteiger partial charge on any atom is 0.0697 e. The van der Waals surface area contributed by atoms with Crippen LogP contribution in [0.15, 0.2) is 0 Å². The molecule has 0 bridgehead atoms. The molecule has 0 saturated carbocycles. The molecular formula is C11H21N3. The SMILES string of the molecule is CC(C)(C#N)CNCC1CCCCN1. The smallest absolute Gasteiger partial charge is 0.0697 e. The van der Waals surface area contributed by atoms with Crippen molar-refractivity contribution in [1.29, 1.82) is 5.26 Å². The van der Waals surface area contributed by atoms with Gasteiger partial charge in [0.25, 0.3) is 0 Å². The van der Waals surface area contributed by atoms with Gasteiger partial charge in [0.1, 0.15) is 0 Å². The van der Waals surface area contributed by atoms with E-state index in [4.69, 9.17) is 5.26 Å². The zero-order valence-corrected chi connectivity index (χ0v) is 9.27. The highest BCUT2D eigenvalue weighted by atomic mass is 15.0. The standard InChI is InChI=1S/C11H21N3/c1-11(2,8-12)9-13-7-10-5-3-4-6-14-10/h10,13-14H,3-7,9H2,1-2H3. The van der Waals surface area contributed by atoms with Crippen LogP contribution in [0.25, 0.3) is 0 Å². The Hall–Kier alpha value is -0.590. The van der Waals surface area contributed by atoms with Crippen LogP contribution in [0, 0.1) is 16.7 Å². The first-order chi connectivity index (χ1) is 6.64. The molecule has 14 heavy (non-hydrogen) atoms. The normalized spacial score (nSPS) is 23.1. The quantitative estimate of drug-likeness (QED) is 0.710. The van der Waals surface area contributed by atoms with Gasteiger partial charge in [0, 0.05) is 19.1 Å². The number of rotatable bonds is 4. The molecule has 2 N–H and O–H groups in total. The first kappa shape index (κ1) is 11.5. The average molecular weight is 195 g/mol. The number of piperidine rings is 1.